The predicted octanol–water partition coefficient (Wildman–Crippen LogP) is 7.61. The van der Waals surface area contributed by atoms with Gasteiger partial charge < -0.3 is 41.0 Å². The number of anilines is 2. The zero-order valence-electron chi connectivity index (χ0n) is 44.8. The lowest BCUT2D eigenvalue weighted by Gasteiger charge is -2.47. The van der Waals surface area contributed by atoms with E-state index in [1.807, 2.05) is 110 Å². The Morgan fingerprint density at radius 2 is 1.28 bits per heavy atom. The quantitative estimate of drug-likeness (QED) is 0.0575. The zero-order valence-corrected chi connectivity index (χ0v) is 44.8. The van der Waals surface area contributed by atoms with E-state index in [0.717, 1.165) is 74.4 Å². The van der Waals surface area contributed by atoms with Gasteiger partial charge in [-0.15, -0.1) is 0 Å². The lowest BCUT2D eigenvalue weighted by molar-refractivity contribution is -0.541. The average molecular weight is 1060 g/mol. The number of hydrogen-bond acceptors (Lipinski definition) is 16. The van der Waals surface area contributed by atoms with Crippen LogP contribution in [0.4, 0.5) is 11.4 Å². The Bertz CT molecular complexity index is 3430. The van der Waals surface area contributed by atoms with E-state index in [1.54, 1.807) is 18.5 Å². The summed E-state index contributed by atoms with van der Waals surface area (Å²) in [6.45, 7) is 7.47. The van der Waals surface area contributed by atoms with Crippen molar-refractivity contribution in [3.05, 3.63) is 168 Å². The number of carbonyl (C=O) groups is 2. The maximum absolute atomic E-state index is 14.6. The number of hydrogen-bond donors (Lipinski definition) is 6. The number of para-hydroxylation sites is 2. The topological polar surface area (TPSA) is 237 Å². The number of nitrogens with zero attached hydrogens (tertiary/aromatic N) is 10. The van der Waals surface area contributed by atoms with Crippen molar-refractivity contribution in [3.8, 4) is 23.0 Å². The Morgan fingerprint density at radius 1 is 0.709 bits per heavy atom. The number of aromatic nitrogens is 7. The lowest BCUT2D eigenvalue weighted by atomic mass is 9.76. The van der Waals surface area contributed by atoms with Crippen LogP contribution in [0.5, 0.6) is 11.5 Å². The molecule has 2 fully saturated rings. The van der Waals surface area contributed by atoms with Gasteiger partial charge in [0.2, 0.25) is 0 Å². The lowest BCUT2D eigenvalue weighted by Crippen LogP contribution is -2.57. The second-order valence-electron chi connectivity index (χ2n) is 22.2. The molecule has 2 amide bonds. The molecule has 20 nitrogen and oxygen atoms in total. The summed E-state index contributed by atoms with van der Waals surface area (Å²) in [5.74, 6) is 2.89. The van der Waals surface area contributed by atoms with Crippen molar-refractivity contribution in [2.24, 2.45) is 10.2 Å². The predicted molar refractivity (Wildman–Crippen MR) is 297 cm³/mol. The molecule has 8 heterocycles. The van der Waals surface area contributed by atoms with E-state index in [-0.39, 0.29) is 30.1 Å². The number of H-pyrrole nitrogens is 1. The number of ether oxygens (including phenoxy) is 2. The minimum Gasteiger partial charge on any atom is -0.487 e. The first kappa shape index (κ1) is 51.3. The van der Waals surface area contributed by atoms with Gasteiger partial charge in [0.1, 0.15) is 46.6 Å². The molecule has 20 heteroatoms. The van der Waals surface area contributed by atoms with E-state index in [2.05, 4.69) is 92.2 Å². The summed E-state index contributed by atoms with van der Waals surface area (Å²) in [5, 5.41) is 35.1. The van der Waals surface area contributed by atoms with Crippen molar-refractivity contribution in [2.75, 3.05) is 50.9 Å². The summed E-state index contributed by atoms with van der Waals surface area (Å²) in [7, 11) is 4.12. The van der Waals surface area contributed by atoms with Gasteiger partial charge in [-0.25, -0.2) is 29.5 Å². The molecule has 0 spiro atoms. The molecule has 79 heavy (non-hydrogen) atoms. The van der Waals surface area contributed by atoms with Gasteiger partial charge in [-0.05, 0) is 125 Å². The first-order valence-corrected chi connectivity index (χ1v) is 27.1. The number of fused-ring (bicyclic) bond motifs is 2. The van der Waals surface area contributed by atoms with Crippen molar-refractivity contribution in [1.82, 2.24) is 56.0 Å². The Labute approximate surface area is 458 Å². The molecule has 5 aliphatic heterocycles. The van der Waals surface area contributed by atoms with Gasteiger partial charge in [0.05, 0.1) is 29.8 Å². The molecule has 404 valence electrons. The molecule has 2 saturated heterocycles. The fourth-order valence-corrected chi connectivity index (χ4v) is 12.5. The summed E-state index contributed by atoms with van der Waals surface area (Å²) >= 11 is 0. The van der Waals surface area contributed by atoms with Gasteiger partial charge >= 0.3 is 5.84 Å². The molecule has 3 aromatic heterocycles. The van der Waals surface area contributed by atoms with Crippen LogP contribution in [0.3, 0.4) is 0 Å². The SMILES string of the molecule is CN1CCC(Nc2cccc(C(=O)N[C@H]3CC(C)(CC4(C)C[C@@H](NC(=O)c5cccc(NC6(C7N=NC(c8ccncn8)=[N+]7C)CCNCC6)c5)c5ccccc5O4)Oc4ccccc43)c2)(c2nc(-c3ccncn3)n[nH]2)CC1. The third kappa shape index (κ3) is 10.5. The molecule has 4 aromatic carbocycles. The summed E-state index contributed by atoms with van der Waals surface area (Å²) in [6, 6.07) is 34.0. The highest BCUT2D eigenvalue weighted by Gasteiger charge is 2.50. The molecule has 5 atom stereocenters. The van der Waals surface area contributed by atoms with E-state index in [9.17, 15) is 9.59 Å². The molecular weight excluding hydrogens is 997 g/mol. The Balaban J connectivity index is 0.751. The maximum Gasteiger partial charge on any atom is 0.373 e. The average Bonchev–Trinajstić information content (AvgIpc) is 4.23. The van der Waals surface area contributed by atoms with Crippen molar-refractivity contribution < 1.29 is 23.6 Å². The van der Waals surface area contributed by atoms with Crippen LogP contribution in [0.15, 0.2) is 144 Å². The minimum absolute atomic E-state index is 0.201. The van der Waals surface area contributed by atoms with Gasteiger partial charge in [0, 0.05) is 78.4 Å². The maximum atomic E-state index is 14.6. The fourth-order valence-electron chi connectivity index (χ4n) is 12.5. The Hall–Kier alpha value is -8.49. The summed E-state index contributed by atoms with van der Waals surface area (Å²) in [4.78, 5) is 53.2. The van der Waals surface area contributed by atoms with E-state index >= 15 is 0 Å². The van der Waals surface area contributed by atoms with Crippen molar-refractivity contribution >= 4 is 29.0 Å². The highest BCUT2D eigenvalue weighted by Crippen LogP contribution is 2.48. The number of amides is 2. The number of likely N-dealkylation sites (tertiary alicyclic amines) is 1. The molecule has 3 unspecified atom stereocenters. The highest BCUT2D eigenvalue weighted by molar-refractivity contribution is 5.96. The van der Waals surface area contributed by atoms with Crippen LogP contribution in [0.25, 0.3) is 11.5 Å². The van der Waals surface area contributed by atoms with Crippen LogP contribution < -0.4 is 36.1 Å². The minimum atomic E-state index is -0.793. The van der Waals surface area contributed by atoms with E-state index < -0.39 is 22.3 Å². The molecule has 0 bridgehead atoms. The van der Waals surface area contributed by atoms with E-state index in [4.69, 9.17) is 19.6 Å². The Morgan fingerprint density at radius 3 is 1.86 bits per heavy atom. The number of azo groups is 1. The van der Waals surface area contributed by atoms with Crippen LogP contribution in [0, 0.1) is 0 Å². The first-order valence-electron chi connectivity index (χ1n) is 27.1. The normalized spacial score (nSPS) is 24.0. The zero-order chi connectivity index (χ0) is 54.2. The van der Waals surface area contributed by atoms with Gasteiger partial charge in [-0.1, -0.05) is 48.5 Å². The molecule has 6 N–H and O–H groups in total. The smallest absolute Gasteiger partial charge is 0.373 e. The number of nitrogens with one attached hydrogen (secondary N) is 6. The number of likely N-dealkylation sites (N-methyl/N-ethyl adjacent to an activating group) is 1. The van der Waals surface area contributed by atoms with Crippen molar-refractivity contribution in [3.63, 3.8) is 0 Å². The number of piperidine rings is 2. The van der Waals surface area contributed by atoms with Gasteiger partial charge in [0.25, 0.3) is 18.0 Å². The number of carbonyl (C=O) groups excluding carboxylic acids is 2. The molecule has 0 radical (unpaired) electrons. The van der Waals surface area contributed by atoms with Crippen LogP contribution >= 0.6 is 0 Å². The number of aromatic amines is 1. The molecule has 5 aliphatic rings. The van der Waals surface area contributed by atoms with Gasteiger partial charge in [-0.2, -0.15) is 5.10 Å². The number of amidine groups is 1. The number of rotatable bonds is 14. The third-order valence-corrected chi connectivity index (χ3v) is 16.3. The second kappa shape index (κ2) is 21.0. The fraction of sp³-hybridized carbons (Fsp3) is 0.373. The van der Waals surface area contributed by atoms with Gasteiger partial charge in [-0.3, -0.25) is 14.7 Å². The van der Waals surface area contributed by atoms with Crippen LogP contribution in [-0.2, 0) is 5.54 Å². The summed E-state index contributed by atoms with van der Waals surface area (Å²) < 4.78 is 16.0. The van der Waals surface area contributed by atoms with Crippen LogP contribution in [-0.4, -0.2) is 125 Å². The number of benzene rings is 4. The standard InChI is InChI=1S/C59H64N16O4/c1-56(33-46(42-15-5-7-17-48(42)78-56)65-52(76)38-11-9-13-40(31-38)68-58(23-29-74(3)30-24-58)54-67-50(70-72-54)44-19-25-61-36-63-44)35-57(2)34-47(43-16-6-8-18-49(43)79-57)66-53(77)39-12-10-14-41(32-39)69-59(21-27-60-28-22-59)55-73-71-51(75(55)4)45-20-26-62-37-64-45/h5-20,25-26,31-32,36-37,46-47,55,60,68-69H,21-24,27-30,33-35H2,1-4H3,(H2-,61,63,65,66,67,70,72,76,77)/p+1/t46-,47+,55?,56?,57?/m0/s1. The van der Waals surface area contributed by atoms with Gasteiger partial charge in [0.15, 0.2) is 17.3 Å². The van der Waals surface area contributed by atoms with Crippen LogP contribution in [0.1, 0.15) is 114 Å². The van der Waals surface area contributed by atoms with Crippen molar-refractivity contribution in [1.29, 1.82) is 0 Å². The van der Waals surface area contributed by atoms with Crippen molar-refractivity contribution in [2.45, 2.75) is 99.3 Å². The summed E-state index contributed by atoms with van der Waals surface area (Å²) in [6.07, 6.45) is 10.6. The molecule has 12 rings (SSSR count). The first-order chi connectivity index (χ1) is 38.3. The largest absolute Gasteiger partial charge is 0.487 e. The molecular formula is C59H65N16O4+. The molecule has 0 saturated carbocycles. The third-order valence-electron chi connectivity index (χ3n) is 16.3. The van der Waals surface area contributed by atoms with Crippen LogP contribution in [0.2, 0.25) is 0 Å². The monoisotopic (exact) mass is 1060 g/mol. The second-order valence-corrected chi connectivity index (χ2v) is 22.2. The molecule has 7 aromatic rings. The van der Waals surface area contributed by atoms with E-state index in [1.165, 1.54) is 12.7 Å². The molecule has 0 aliphatic carbocycles. The summed E-state index contributed by atoms with van der Waals surface area (Å²) in [5.41, 5.74) is 3.17. The Kier molecular flexibility index (Phi) is 13.7. The highest BCUT2D eigenvalue weighted by atomic mass is 16.5. The van der Waals surface area contributed by atoms with E-state index in [0.29, 0.717) is 70.8 Å².